The summed E-state index contributed by atoms with van der Waals surface area (Å²) in [5.74, 6) is 0.188. The van der Waals surface area contributed by atoms with Gasteiger partial charge in [-0.05, 0) is 92.4 Å². The number of nitrogens with zero attached hydrogens (tertiary/aromatic N) is 1. The summed E-state index contributed by atoms with van der Waals surface area (Å²) in [5.41, 5.74) is 3.46. The fourth-order valence-corrected chi connectivity index (χ4v) is 5.06. The molecule has 0 aromatic heterocycles. The first-order chi connectivity index (χ1) is 16.4. The van der Waals surface area contributed by atoms with E-state index in [1.165, 1.54) is 38.5 Å². The van der Waals surface area contributed by atoms with E-state index >= 15 is 0 Å². The Morgan fingerprint density at radius 3 is 2.24 bits per heavy atom. The first kappa shape index (κ1) is 23.6. The summed E-state index contributed by atoms with van der Waals surface area (Å²) in [4.78, 5) is 15.1. The van der Waals surface area contributed by atoms with E-state index in [1.54, 1.807) is 24.3 Å². The zero-order chi connectivity index (χ0) is 24.1. The maximum atomic E-state index is 12.8. The lowest BCUT2D eigenvalue weighted by Crippen LogP contribution is -2.29. The predicted molar refractivity (Wildman–Crippen MR) is 135 cm³/mol. The summed E-state index contributed by atoms with van der Waals surface area (Å²) in [6.45, 7) is 3.97. The van der Waals surface area contributed by atoms with Gasteiger partial charge in [-0.3, -0.25) is 9.52 Å². The molecule has 2 N–H and O–H groups in total. The van der Waals surface area contributed by atoms with Crippen LogP contribution in [0.5, 0.6) is 5.75 Å². The highest BCUT2D eigenvalue weighted by Gasteiger charge is 2.17. The Bertz CT molecular complexity index is 1250. The van der Waals surface area contributed by atoms with E-state index < -0.39 is 10.0 Å². The molecule has 8 heteroatoms. The summed E-state index contributed by atoms with van der Waals surface area (Å²) < 4.78 is 33.5. The Balaban J connectivity index is 1.42. The van der Waals surface area contributed by atoms with Crippen molar-refractivity contribution in [2.75, 3.05) is 35.1 Å². The van der Waals surface area contributed by atoms with Crippen molar-refractivity contribution < 1.29 is 17.9 Å². The van der Waals surface area contributed by atoms with Gasteiger partial charge in [0.2, 0.25) is 0 Å². The Morgan fingerprint density at radius 1 is 0.912 bits per heavy atom. The number of piperidine rings is 1. The van der Waals surface area contributed by atoms with Crippen molar-refractivity contribution in [3.05, 3.63) is 77.9 Å². The van der Waals surface area contributed by atoms with Crippen molar-refractivity contribution in [3.8, 4) is 5.75 Å². The second-order valence-corrected chi connectivity index (χ2v) is 10.1. The molecule has 1 heterocycles. The van der Waals surface area contributed by atoms with Crippen molar-refractivity contribution in [2.24, 2.45) is 0 Å². The molecule has 4 rings (SSSR count). The Labute approximate surface area is 200 Å². The standard InChI is InChI=1S/C26H29N3O4S/c1-19-6-15-25(33-2)24(18-19)28-34(31,32)23-13-9-21(10-14-23)27-26(30)20-7-11-22(12-8-20)29-16-4-3-5-17-29/h6-15,18,28H,3-5,16-17H2,1-2H3,(H,27,30). The fraction of sp³-hybridized carbons (Fsp3) is 0.269. The van der Waals surface area contributed by atoms with Gasteiger partial charge in [-0.25, -0.2) is 8.42 Å². The van der Waals surface area contributed by atoms with Crippen LogP contribution in [-0.2, 0) is 10.0 Å². The summed E-state index contributed by atoms with van der Waals surface area (Å²) in [6.07, 6.45) is 3.66. The van der Waals surface area contributed by atoms with E-state index in [9.17, 15) is 13.2 Å². The number of rotatable bonds is 7. The largest absolute Gasteiger partial charge is 0.495 e. The van der Waals surface area contributed by atoms with Crippen LogP contribution in [0.25, 0.3) is 0 Å². The van der Waals surface area contributed by atoms with Crippen LogP contribution >= 0.6 is 0 Å². The lowest BCUT2D eigenvalue weighted by Gasteiger charge is -2.28. The first-order valence-electron chi connectivity index (χ1n) is 11.3. The van der Waals surface area contributed by atoms with Gasteiger partial charge in [0.15, 0.2) is 0 Å². The Morgan fingerprint density at radius 2 is 1.59 bits per heavy atom. The van der Waals surface area contributed by atoms with Crippen molar-refractivity contribution in [2.45, 2.75) is 31.1 Å². The number of anilines is 3. The number of carbonyl (C=O) groups is 1. The predicted octanol–water partition coefficient (Wildman–Crippen LogP) is 5.05. The zero-order valence-corrected chi connectivity index (χ0v) is 20.2. The molecular formula is C26H29N3O4S. The maximum absolute atomic E-state index is 12.8. The van der Waals surface area contributed by atoms with Crippen molar-refractivity contribution in [3.63, 3.8) is 0 Å². The van der Waals surface area contributed by atoms with E-state index in [0.717, 1.165) is 24.3 Å². The number of nitrogens with one attached hydrogen (secondary N) is 2. The molecule has 0 saturated carbocycles. The van der Waals surface area contributed by atoms with Crippen LogP contribution in [0, 0.1) is 6.92 Å². The van der Waals surface area contributed by atoms with Gasteiger partial charge in [0, 0.05) is 30.0 Å². The molecule has 1 saturated heterocycles. The van der Waals surface area contributed by atoms with Crippen LogP contribution in [0.15, 0.2) is 71.6 Å². The number of ether oxygens (including phenoxy) is 1. The van der Waals surface area contributed by atoms with Crippen LogP contribution in [0.2, 0.25) is 0 Å². The molecule has 1 aliphatic heterocycles. The zero-order valence-electron chi connectivity index (χ0n) is 19.4. The third-order valence-corrected chi connectivity index (χ3v) is 7.25. The highest BCUT2D eigenvalue weighted by Crippen LogP contribution is 2.28. The number of benzene rings is 3. The number of sulfonamides is 1. The van der Waals surface area contributed by atoms with E-state index in [1.807, 2.05) is 37.3 Å². The van der Waals surface area contributed by atoms with E-state index in [-0.39, 0.29) is 10.8 Å². The highest BCUT2D eigenvalue weighted by molar-refractivity contribution is 7.92. The third-order valence-electron chi connectivity index (χ3n) is 5.87. The van der Waals surface area contributed by atoms with Crippen molar-refractivity contribution in [1.29, 1.82) is 0 Å². The molecule has 3 aromatic rings. The van der Waals surface area contributed by atoms with E-state index in [2.05, 4.69) is 14.9 Å². The molecule has 0 spiro atoms. The molecule has 7 nitrogen and oxygen atoms in total. The smallest absolute Gasteiger partial charge is 0.262 e. The quantitative estimate of drug-likeness (QED) is 0.495. The normalized spacial score (nSPS) is 13.9. The summed E-state index contributed by atoms with van der Waals surface area (Å²) in [7, 11) is -2.34. The lowest BCUT2D eigenvalue weighted by atomic mass is 10.1. The highest BCUT2D eigenvalue weighted by atomic mass is 32.2. The summed E-state index contributed by atoms with van der Waals surface area (Å²) in [6, 6.07) is 18.9. The number of aryl methyl sites for hydroxylation is 1. The van der Waals surface area contributed by atoms with Gasteiger partial charge in [0.1, 0.15) is 5.75 Å². The van der Waals surface area contributed by atoms with Gasteiger partial charge in [-0.2, -0.15) is 0 Å². The summed E-state index contributed by atoms with van der Waals surface area (Å²) in [5, 5.41) is 2.82. The molecule has 1 fully saturated rings. The molecule has 0 radical (unpaired) electrons. The molecule has 0 bridgehead atoms. The van der Waals surface area contributed by atoms with Crippen molar-refractivity contribution >= 4 is 33.0 Å². The second-order valence-electron chi connectivity index (χ2n) is 8.38. The molecule has 34 heavy (non-hydrogen) atoms. The van der Waals surface area contributed by atoms with Gasteiger partial charge >= 0.3 is 0 Å². The molecule has 178 valence electrons. The van der Waals surface area contributed by atoms with E-state index in [4.69, 9.17) is 4.74 Å². The second kappa shape index (κ2) is 10.2. The lowest BCUT2D eigenvalue weighted by molar-refractivity contribution is 0.102. The van der Waals surface area contributed by atoms with Gasteiger partial charge in [-0.15, -0.1) is 0 Å². The average molecular weight is 480 g/mol. The Kier molecular flexibility index (Phi) is 7.07. The van der Waals surface area contributed by atoms with Gasteiger partial charge in [0.05, 0.1) is 17.7 Å². The van der Waals surface area contributed by atoms with Crippen LogP contribution in [-0.4, -0.2) is 34.5 Å². The van der Waals surface area contributed by atoms with E-state index in [0.29, 0.717) is 22.7 Å². The molecule has 0 atom stereocenters. The van der Waals surface area contributed by atoms with Crippen LogP contribution in [0.1, 0.15) is 35.2 Å². The average Bonchev–Trinajstić information content (AvgIpc) is 2.85. The van der Waals surface area contributed by atoms with Gasteiger partial charge < -0.3 is 15.0 Å². The van der Waals surface area contributed by atoms with Crippen LogP contribution in [0.4, 0.5) is 17.1 Å². The third kappa shape index (κ3) is 5.51. The first-order valence-corrected chi connectivity index (χ1v) is 12.8. The molecule has 0 unspecified atom stereocenters. The van der Waals surface area contributed by atoms with Gasteiger partial charge in [-0.1, -0.05) is 6.07 Å². The molecular weight excluding hydrogens is 450 g/mol. The minimum atomic E-state index is -3.82. The fourth-order valence-electron chi connectivity index (χ4n) is 4.00. The minimum absolute atomic E-state index is 0.0833. The van der Waals surface area contributed by atoms with Crippen LogP contribution < -0.4 is 19.7 Å². The monoisotopic (exact) mass is 479 g/mol. The minimum Gasteiger partial charge on any atom is -0.495 e. The number of carbonyl (C=O) groups excluding carboxylic acids is 1. The maximum Gasteiger partial charge on any atom is 0.262 e. The topological polar surface area (TPSA) is 87.7 Å². The van der Waals surface area contributed by atoms with Crippen molar-refractivity contribution in [1.82, 2.24) is 0 Å². The Hall–Kier alpha value is -3.52. The number of amides is 1. The molecule has 0 aliphatic carbocycles. The SMILES string of the molecule is COc1ccc(C)cc1NS(=O)(=O)c1ccc(NC(=O)c2ccc(N3CCCCC3)cc2)cc1. The van der Waals surface area contributed by atoms with Crippen LogP contribution in [0.3, 0.4) is 0 Å². The molecule has 3 aromatic carbocycles. The number of hydrogen-bond donors (Lipinski definition) is 2. The number of methoxy groups -OCH3 is 1. The molecule has 1 amide bonds. The number of hydrogen-bond acceptors (Lipinski definition) is 5. The summed E-state index contributed by atoms with van der Waals surface area (Å²) >= 11 is 0. The van der Waals surface area contributed by atoms with Gasteiger partial charge in [0.25, 0.3) is 15.9 Å². The molecule has 1 aliphatic rings.